The Morgan fingerprint density at radius 2 is 1.81 bits per heavy atom. The number of aryl methyl sites for hydroxylation is 1. The van der Waals surface area contributed by atoms with Gasteiger partial charge in [-0.2, -0.15) is 0 Å². The van der Waals surface area contributed by atoms with Gasteiger partial charge in [-0.25, -0.2) is 0 Å². The smallest absolute Gasteiger partial charge is 0.239 e. The zero-order chi connectivity index (χ0) is 19.6. The molecule has 2 unspecified atom stereocenters. The van der Waals surface area contributed by atoms with Crippen LogP contribution in [0.1, 0.15) is 17.0 Å². The van der Waals surface area contributed by atoms with E-state index in [9.17, 15) is 4.79 Å². The van der Waals surface area contributed by atoms with Gasteiger partial charge in [0.25, 0.3) is 0 Å². The van der Waals surface area contributed by atoms with Gasteiger partial charge in [0, 0.05) is 43.7 Å². The summed E-state index contributed by atoms with van der Waals surface area (Å²) in [6, 6.07) is 7.62. The van der Waals surface area contributed by atoms with Crippen LogP contribution in [0, 0.1) is 6.92 Å². The van der Waals surface area contributed by atoms with Gasteiger partial charge in [0.05, 0.1) is 33.4 Å². The van der Waals surface area contributed by atoms with Crippen LogP contribution in [0.3, 0.4) is 0 Å². The lowest BCUT2D eigenvalue weighted by Gasteiger charge is -2.15. The maximum Gasteiger partial charge on any atom is 0.239 e. The Hall–Kier alpha value is -2.67. The molecule has 2 heterocycles. The maximum absolute atomic E-state index is 12.5. The molecule has 2 aromatic rings. The lowest BCUT2D eigenvalue weighted by atomic mass is 10.1. The van der Waals surface area contributed by atoms with Crippen LogP contribution in [0.15, 0.2) is 24.3 Å². The summed E-state index contributed by atoms with van der Waals surface area (Å²) in [6.07, 6.45) is 0. The average molecular weight is 373 g/mol. The SMILES string of the molecule is COc1cc(OC)c(CN2CC2C(=O)NCc2ccc(C)n2C)c(OC)c1. The molecule has 7 nitrogen and oxygen atoms in total. The molecule has 1 amide bonds. The van der Waals surface area contributed by atoms with E-state index >= 15 is 0 Å². The molecule has 1 saturated heterocycles. The Morgan fingerprint density at radius 1 is 1.15 bits per heavy atom. The second-order valence-electron chi connectivity index (χ2n) is 6.70. The molecule has 0 saturated carbocycles. The topological polar surface area (TPSA) is 64.7 Å². The number of rotatable bonds is 8. The van der Waals surface area contributed by atoms with Gasteiger partial charge in [-0.1, -0.05) is 0 Å². The van der Waals surface area contributed by atoms with Crippen molar-refractivity contribution in [1.29, 1.82) is 0 Å². The van der Waals surface area contributed by atoms with Crippen LogP contribution in [-0.2, 0) is 24.9 Å². The molecule has 2 atom stereocenters. The number of carbonyl (C=O) groups is 1. The van der Waals surface area contributed by atoms with Crippen LogP contribution < -0.4 is 19.5 Å². The molecule has 1 aromatic carbocycles. The molecule has 3 rings (SSSR count). The lowest BCUT2D eigenvalue weighted by Crippen LogP contribution is -2.30. The first kappa shape index (κ1) is 19.1. The minimum Gasteiger partial charge on any atom is -0.496 e. The van der Waals surface area contributed by atoms with Crippen molar-refractivity contribution in [3.05, 3.63) is 41.2 Å². The summed E-state index contributed by atoms with van der Waals surface area (Å²) in [5.41, 5.74) is 3.17. The van der Waals surface area contributed by atoms with E-state index in [-0.39, 0.29) is 11.9 Å². The number of carbonyl (C=O) groups excluding carboxylic acids is 1. The second-order valence-corrected chi connectivity index (χ2v) is 6.70. The van der Waals surface area contributed by atoms with Gasteiger partial charge < -0.3 is 24.1 Å². The van der Waals surface area contributed by atoms with Crippen LogP contribution >= 0.6 is 0 Å². The number of ether oxygens (including phenoxy) is 3. The average Bonchev–Trinajstić information content (AvgIpc) is 3.39. The van der Waals surface area contributed by atoms with Gasteiger partial charge in [0.2, 0.25) is 5.91 Å². The molecule has 1 fully saturated rings. The Labute approximate surface area is 159 Å². The van der Waals surface area contributed by atoms with Crippen molar-refractivity contribution in [3.63, 3.8) is 0 Å². The Morgan fingerprint density at radius 3 is 2.33 bits per heavy atom. The van der Waals surface area contributed by atoms with Crippen molar-refractivity contribution in [2.45, 2.75) is 26.1 Å². The zero-order valence-electron chi connectivity index (χ0n) is 16.5. The van der Waals surface area contributed by atoms with E-state index in [1.165, 1.54) is 5.69 Å². The molecule has 0 bridgehead atoms. The van der Waals surface area contributed by atoms with Crippen molar-refractivity contribution in [2.24, 2.45) is 7.05 Å². The zero-order valence-corrected chi connectivity index (χ0v) is 16.5. The predicted octanol–water partition coefficient (Wildman–Crippen LogP) is 1.86. The summed E-state index contributed by atoms with van der Waals surface area (Å²) < 4.78 is 18.3. The molecule has 0 spiro atoms. The Bertz CT molecular complexity index is 806. The molecular weight excluding hydrogens is 346 g/mol. The van der Waals surface area contributed by atoms with Gasteiger partial charge in [-0.05, 0) is 19.1 Å². The summed E-state index contributed by atoms with van der Waals surface area (Å²) in [5, 5.41) is 3.02. The summed E-state index contributed by atoms with van der Waals surface area (Å²) in [4.78, 5) is 14.5. The van der Waals surface area contributed by atoms with Crippen molar-refractivity contribution < 1.29 is 19.0 Å². The van der Waals surface area contributed by atoms with Gasteiger partial charge in [-0.3, -0.25) is 9.69 Å². The Balaban J connectivity index is 1.62. The number of nitrogens with zero attached hydrogens (tertiary/aromatic N) is 2. The summed E-state index contributed by atoms with van der Waals surface area (Å²) in [6.45, 7) is 3.88. The van der Waals surface area contributed by atoms with Crippen LogP contribution in [-0.4, -0.2) is 49.3 Å². The quantitative estimate of drug-likeness (QED) is 0.716. The number of hydrogen-bond acceptors (Lipinski definition) is 5. The second kappa shape index (κ2) is 7.92. The first-order valence-corrected chi connectivity index (χ1v) is 8.90. The monoisotopic (exact) mass is 373 g/mol. The third-order valence-electron chi connectivity index (χ3n) is 5.12. The van der Waals surface area contributed by atoms with E-state index in [1.807, 2.05) is 38.2 Å². The highest BCUT2D eigenvalue weighted by Crippen LogP contribution is 2.37. The van der Waals surface area contributed by atoms with Crippen LogP contribution in [0.25, 0.3) is 0 Å². The Kier molecular flexibility index (Phi) is 5.60. The van der Waals surface area contributed by atoms with E-state index in [0.29, 0.717) is 30.3 Å². The third-order valence-corrected chi connectivity index (χ3v) is 5.12. The first-order valence-electron chi connectivity index (χ1n) is 8.90. The minimum absolute atomic E-state index is 0.0419. The first-order chi connectivity index (χ1) is 13.0. The van der Waals surface area contributed by atoms with E-state index in [4.69, 9.17) is 14.2 Å². The largest absolute Gasteiger partial charge is 0.496 e. The molecule has 1 aliphatic heterocycles. The lowest BCUT2D eigenvalue weighted by molar-refractivity contribution is -0.121. The highest BCUT2D eigenvalue weighted by atomic mass is 16.5. The standard InChI is InChI=1S/C20H27N3O4/c1-13-6-7-14(22(13)2)10-21-20(24)17-12-23(17)11-16-18(26-4)8-15(25-3)9-19(16)27-5/h6-9,17H,10-12H2,1-5H3,(H,21,24). The van der Waals surface area contributed by atoms with Crippen molar-refractivity contribution in [3.8, 4) is 17.2 Å². The highest BCUT2D eigenvalue weighted by Gasteiger charge is 2.41. The summed E-state index contributed by atoms with van der Waals surface area (Å²) in [7, 11) is 6.84. The molecule has 1 N–H and O–H groups in total. The molecular formula is C20H27N3O4. The number of amides is 1. The fourth-order valence-corrected chi connectivity index (χ4v) is 3.18. The molecule has 27 heavy (non-hydrogen) atoms. The number of aromatic nitrogens is 1. The van der Waals surface area contributed by atoms with Crippen LogP contribution in [0.5, 0.6) is 17.2 Å². The van der Waals surface area contributed by atoms with Crippen molar-refractivity contribution in [1.82, 2.24) is 14.8 Å². The maximum atomic E-state index is 12.5. The molecule has 7 heteroatoms. The fourth-order valence-electron chi connectivity index (χ4n) is 3.18. The van der Waals surface area contributed by atoms with Gasteiger partial charge >= 0.3 is 0 Å². The van der Waals surface area contributed by atoms with E-state index in [2.05, 4.69) is 14.8 Å². The van der Waals surface area contributed by atoms with Crippen LogP contribution in [0.2, 0.25) is 0 Å². The number of nitrogens with one attached hydrogen (secondary N) is 1. The third kappa shape index (κ3) is 4.03. The molecule has 146 valence electrons. The fraction of sp³-hybridized carbons (Fsp3) is 0.450. The number of methoxy groups -OCH3 is 3. The van der Waals surface area contributed by atoms with Gasteiger partial charge in [0.15, 0.2) is 0 Å². The van der Waals surface area contributed by atoms with Gasteiger partial charge in [0.1, 0.15) is 23.3 Å². The number of benzene rings is 1. The van der Waals surface area contributed by atoms with E-state index < -0.39 is 0 Å². The molecule has 1 aliphatic rings. The molecule has 0 radical (unpaired) electrons. The van der Waals surface area contributed by atoms with Crippen LogP contribution in [0.4, 0.5) is 0 Å². The molecule has 0 aliphatic carbocycles. The number of hydrogen-bond donors (Lipinski definition) is 1. The van der Waals surface area contributed by atoms with Crippen molar-refractivity contribution >= 4 is 5.91 Å². The summed E-state index contributed by atoms with van der Waals surface area (Å²) >= 11 is 0. The summed E-state index contributed by atoms with van der Waals surface area (Å²) in [5.74, 6) is 2.10. The minimum atomic E-state index is -0.122. The predicted molar refractivity (Wildman–Crippen MR) is 102 cm³/mol. The van der Waals surface area contributed by atoms with E-state index in [1.54, 1.807) is 21.3 Å². The van der Waals surface area contributed by atoms with Gasteiger partial charge in [-0.15, -0.1) is 0 Å². The van der Waals surface area contributed by atoms with E-state index in [0.717, 1.165) is 17.8 Å². The molecule has 1 aromatic heterocycles. The van der Waals surface area contributed by atoms with Crippen molar-refractivity contribution in [2.75, 3.05) is 27.9 Å². The highest BCUT2D eigenvalue weighted by molar-refractivity contribution is 5.84. The normalized spacial score (nSPS) is 18.1.